The fraction of sp³-hybridized carbons (Fsp3) is 0.324. The summed E-state index contributed by atoms with van der Waals surface area (Å²) >= 11 is 0. The van der Waals surface area contributed by atoms with Crippen LogP contribution in [0.4, 0.5) is 10.1 Å². The second kappa shape index (κ2) is 14.8. The maximum absolute atomic E-state index is 15.2. The monoisotopic (exact) mass is 615 g/mol. The number of benzene rings is 3. The van der Waals surface area contributed by atoms with E-state index in [4.69, 9.17) is 14.2 Å². The van der Waals surface area contributed by atoms with Crippen LogP contribution in [-0.4, -0.2) is 69.1 Å². The van der Waals surface area contributed by atoms with Crippen molar-refractivity contribution in [2.45, 2.75) is 18.9 Å². The van der Waals surface area contributed by atoms with Crippen LogP contribution in [0.5, 0.6) is 23.0 Å². The van der Waals surface area contributed by atoms with E-state index in [-0.39, 0.29) is 24.0 Å². The van der Waals surface area contributed by atoms with E-state index in [2.05, 4.69) is 20.9 Å². The molecule has 1 aromatic heterocycles. The van der Waals surface area contributed by atoms with Gasteiger partial charge in [-0.05, 0) is 75.8 Å². The summed E-state index contributed by atoms with van der Waals surface area (Å²) in [7, 11) is 5.35. The van der Waals surface area contributed by atoms with Gasteiger partial charge in [-0.1, -0.05) is 30.3 Å². The van der Waals surface area contributed by atoms with Crippen molar-refractivity contribution in [2.75, 3.05) is 52.8 Å². The Kier molecular flexibility index (Phi) is 10.4. The minimum Gasteiger partial charge on any atom is -0.493 e. The zero-order chi connectivity index (χ0) is 31.8. The number of halogens is 1. The van der Waals surface area contributed by atoms with Crippen LogP contribution in [0, 0.1) is 11.7 Å². The number of piperidine rings is 1. The highest BCUT2D eigenvalue weighted by Crippen LogP contribution is 2.38. The number of hydrogen-bond acceptors (Lipinski definition) is 8. The third kappa shape index (κ3) is 8.05. The van der Waals surface area contributed by atoms with Gasteiger partial charge in [0.1, 0.15) is 5.75 Å². The predicted octanol–water partition coefficient (Wildman–Crippen LogP) is 4.91. The van der Waals surface area contributed by atoms with Crippen LogP contribution in [0.1, 0.15) is 24.4 Å². The van der Waals surface area contributed by atoms with Crippen molar-refractivity contribution in [1.82, 2.24) is 20.5 Å². The van der Waals surface area contributed by atoms with Gasteiger partial charge < -0.3 is 35.1 Å². The van der Waals surface area contributed by atoms with Crippen molar-refractivity contribution in [3.8, 4) is 23.0 Å². The van der Waals surface area contributed by atoms with Crippen molar-refractivity contribution in [3.63, 3.8) is 0 Å². The smallest absolute Gasteiger partial charge is 0.313 e. The third-order valence-corrected chi connectivity index (χ3v) is 7.80. The van der Waals surface area contributed by atoms with Gasteiger partial charge in [0.25, 0.3) is 0 Å². The van der Waals surface area contributed by atoms with Crippen molar-refractivity contribution in [3.05, 3.63) is 84.3 Å². The number of carbonyl (C=O) groups excluding carboxylic acids is 2. The summed E-state index contributed by atoms with van der Waals surface area (Å²) in [6.07, 6.45) is 3.68. The lowest BCUT2D eigenvalue weighted by Crippen LogP contribution is -2.40. The largest absolute Gasteiger partial charge is 0.493 e. The third-order valence-electron chi connectivity index (χ3n) is 7.80. The summed E-state index contributed by atoms with van der Waals surface area (Å²) in [6.45, 7) is 2.77. The van der Waals surface area contributed by atoms with E-state index in [0.717, 1.165) is 37.6 Å². The number of hydrogen-bond donors (Lipinski definition) is 3. The average Bonchev–Trinajstić information content (AvgIpc) is 3.05. The number of pyridine rings is 1. The highest BCUT2D eigenvalue weighted by Gasteiger charge is 2.20. The molecule has 2 heterocycles. The lowest BCUT2D eigenvalue weighted by atomic mass is 9.99. The van der Waals surface area contributed by atoms with Crippen molar-refractivity contribution < 1.29 is 28.2 Å². The molecule has 1 atom stereocenters. The van der Waals surface area contributed by atoms with Gasteiger partial charge in [0.2, 0.25) is 0 Å². The highest BCUT2D eigenvalue weighted by molar-refractivity contribution is 6.39. The second-order valence-corrected chi connectivity index (χ2v) is 11.1. The van der Waals surface area contributed by atoms with Crippen molar-refractivity contribution in [2.24, 2.45) is 5.92 Å². The molecule has 1 aliphatic rings. The molecule has 236 valence electrons. The topological polar surface area (TPSA) is 114 Å². The molecule has 0 spiro atoms. The number of methoxy groups -OCH3 is 1. The number of ether oxygens (including phenoxy) is 3. The molecule has 0 radical (unpaired) electrons. The maximum atomic E-state index is 15.2. The fourth-order valence-electron chi connectivity index (χ4n) is 5.26. The van der Waals surface area contributed by atoms with Gasteiger partial charge in [-0.3, -0.25) is 14.6 Å². The number of carbonyl (C=O) groups is 2. The van der Waals surface area contributed by atoms with Gasteiger partial charge >= 0.3 is 11.8 Å². The van der Waals surface area contributed by atoms with Crippen LogP contribution < -0.4 is 30.2 Å². The normalized spacial score (nSPS) is 14.2. The molecule has 0 bridgehead atoms. The molecule has 3 aromatic carbocycles. The first-order chi connectivity index (χ1) is 21.8. The molecule has 11 heteroatoms. The van der Waals surface area contributed by atoms with Crippen LogP contribution in [0.3, 0.4) is 0 Å². The van der Waals surface area contributed by atoms with Crippen LogP contribution >= 0.6 is 0 Å². The van der Waals surface area contributed by atoms with E-state index in [1.165, 1.54) is 12.1 Å². The first kappa shape index (κ1) is 31.7. The average molecular weight is 616 g/mol. The molecule has 4 aromatic rings. The molecular formula is C34H38FN5O5. The Balaban J connectivity index is 1.23. The van der Waals surface area contributed by atoms with E-state index in [0.29, 0.717) is 40.7 Å². The van der Waals surface area contributed by atoms with Crippen LogP contribution in [0.2, 0.25) is 0 Å². The Bertz CT molecular complexity index is 1630. The molecular weight excluding hydrogens is 577 g/mol. The number of anilines is 1. The number of likely N-dealkylation sites (N-methyl/N-ethyl adjacent to an activating group) is 1. The Morgan fingerprint density at radius 2 is 1.76 bits per heavy atom. The minimum atomic E-state index is -0.904. The summed E-state index contributed by atoms with van der Waals surface area (Å²) < 4.78 is 32.8. The highest BCUT2D eigenvalue weighted by atomic mass is 19.1. The van der Waals surface area contributed by atoms with Gasteiger partial charge in [-0.25, -0.2) is 4.39 Å². The van der Waals surface area contributed by atoms with Crippen LogP contribution in [0.15, 0.2) is 72.9 Å². The van der Waals surface area contributed by atoms with Crippen molar-refractivity contribution >= 4 is 28.4 Å². The summed E-state index contributed by atoms with van der Waals surface area (Å²) in [5.41, 5.74) is 1.72. The van der Waals surface area contributed by atoms with Gasteiger partial charge in [0.05, 0.1) is 25.3 Å². The predicted molar refractivity (Wildman–Crippen MR) is 170 cm³/mol. The zero-order valence-electron chi connectivity index (χ0n) is 25.6. The van der Waals surface area contributed by atoms with Gasteiger partial charge in [0.15, 0.2) is 23.1 Å². The van der Waals surface area contributed by atoms with Crippen LogP contribution in [0.25, 0.3) is 10.9 Å². The van der Waals surface area contributed by atoms with Gasteiger partial charge in [-0.15, -0.1) is 0 Å². The van der Waals surface area contributed by atoms with E-state index in [1.54, 1.807) is 31.5 Å². The Labute approximate surface area is 261 Å². The Morgan fingerprint density at radius 1 is 0.978 bits per heavy atom. The molecule has 1 fully saturated rings. The van der Waals surface area contributed by atoms with Gasteiger partial charge in [-0.2, -0.15) is 0 Å². The standard InChI is InChI=1S/C34H38FN5O5/c1-40(2)28(23-7-5-4-6-8-23)20-38-33(41)34(42)39-24-9-10-30(26(35)17-24)45-29-13-16-37-27-19-32(31(43-3)18-25(27)29)44-21-22-11-14-36-15-12-22/h4-10,13,16-19,22,28,36H,11-12,14-15,20-21H2,1-3H3,(H,38,41)(H,39,42). The first-order valence-electron chi connectivity index (χ1n) is 14.9. The number of nitrogens with one attached hydrogen (secondary N) is 3. The molecule has 1 aliphatic heterocycles. The number of amides is 2. The maximum Gasteiger partial charge on any atom is 0.313 e. The van der Waals surface area contributed by atoms with Crippen LogP contribution in [-0.2, 0) is 9.59 Å². The van der Waals surface area contributed by atoms with E-state index < -0.39 is 17.6 Å². The Hall–Kier alpha value is -4.74. The molecule has 10 nitrogen and oxygen atoms in total. The minimum absolute atomic E-state index is 0.0631. The molecule has 1 saturated heterocycles. The summed E-state index contributed by atoms with van der Waals surface area (Å²) in [5, 5.41) is 9.07. The Morgan fingerprint density at radius 3 is 2.47 bits per heavy atom. The van der Waals surface area contributed by atoms with E-state index in [1.807, 2.05) is 49.3 Å². The summed E-state index contributed by atoms with van der Waals surface area (Å²) in [4.78, 5) is 31.5. The number of rotatable bonds is 11. The lowest BCUT2D eigenvalue weighted by molar-refractivity contribution is -0.136. The SMILES string of the molecule is COc1cc2c(Oc3ccc(NC(=O)C(=O)NCC(c4ccccc4)N(C)C)cc3F)ccnc2cc1OCC1CCNCC1. The summed E-state index contributed by atoms with van der Waals surface area (Å²) in [6, 6.07) is 18.7. The molecule has 1 unspecified atom stereocenters. The molecule has 0 aliphatic carbocycles. The zero-order valence-corrected chi connectivity index (χ0v) is 25.6. The molecule has 3 N–H and O–H groups in total. The molecule has 45 heavy (non-hydrogen) atoms. The van der Waals surface area contributed by atoms with E-state index >= 15 is 4.39 Å². The summed E-state index contributed by atoms with van der Waals surface area (Å²) in [5.74, 6) is -0.571. The fourth-order valence-corrected chi connectivity index (χ4v) is 5.26. The second-order valence-electron chi connectivity index (χ2n) is 11.1. The number of nitrogens with zero attached hydrogens (tertiary/aromatic N) is 2. The first-order valence-corrected chi connectivity index (χ1v) is 14.9. The number of aromatic nitrogens is 1. The number of fused-ring (bicyclic) bond motifs is 1. The molecule has 0 saturated carbocycles. The van der Waals surface area contributed by atoms with Gasteiger partial charge in [0, 0.05) is 35.9 Å². The lowest BCUT2D eigenvalue weighted by Gasteiger charge is -2.25. The quantitative estimate of drug-likeness (QED) is 0.204. The molecule has 2 amide bonds. The van der Waals surface area contributed by atoms with E-state index in [9.17, 15) is 9.59 Å². The molecule has 5 rings (SSSR count). The van der Waals surface area contributed by atoms with Crippen molar-refractivity contribution in [1.29, 1.82) is 0 Å².